The lowest BCUT2D eigenvalue weighted by Crippen LogP contribution is -2.15. The average Bonchev–Trinajstić information content (AvgIpc) is 2.41. The van der Waals surface area contributed by atoms with E-state index in [0.29, 0.717) is 16.9 Å². The molecule has 0 aromatic heterocycles. The first-order valence-electron chi connectivity index (χ1n) is 5.98. The molecule has 20 heavy (non-hydrogen) atoms. The number of nitrogens with one attached hydrogen (secondary N) is 1. The summed E-state index contributed by atoms with van der Waals surface area (Å²) >= 11 is 1.56. The molecule has 0 aliphatic rings. The molecule has 0 aliphatic heterocycles. The minimum absolute atomic E-state index is 0.136. The minimum atomic E-state index is -3.47. The molecule has 0 fully saturated rings. The van der Waals surface area contributed by atoms with Gasteiger partial charge in [0.05, 0.1) is 5.75 Å². The Balaban J connectivity index is 2.17. The Kier molecular flexibility index (Phi) is 4.57. The van der Waals surface area contributed by atoms with Crippen LogP contribution in [0.25, 0.3) is 0 Å². The zero-order valence-corrected chi connectivity index (χ0v) is 12.7. The molecule has 0 saturated carbocycles. The van der Waals surface area contributed by atoms with E-state index in [1.807, 2.05) is 18.4 Å². The van der Waals surface area contributed by atoms with Crippen molar-refractivity contribution in [2.45, 2.75) is 10.6 Å². The smallest absolute Gasteiger partial charge is 0.236 e. The van der Waals surface area contributed by atoms with Crippen LogP contribution >= 0.6 is 11.8 Å². The summed E-state index contributed by atoms with van der Waals surface area (Å²) in [6, 6.07) is 14.2. The van der Waals surface area contributed by atoms with Gasteiger partial charge in [0.15, 0.2) is 0 Å². The van der Waals surface area contributed by atoms with Gasteiger partial charge in [0.25, 0.3) is 0 Å². The largest absolute Gasteiger partial charge is 0.398 e. The van der Waals surface area contributed by atoms with Gasteiger partial charge in [0, 0.05) is 16.3 Å². The molecule has 0 atom stereocenters. The summed E-state index contributed by atoms with van der Waals surface area (Å²) in [4.78, 5) is 1.00. The number of sulfonamides is 1. The summed E-state index contributed by atoms with van der Waals surface area (Å²) in [6.45, 7) is 0. The molecule has 6 heteroatoms. The monoisotopic (exact) mass is 308 g/mol. The fraction of sp³-hybridized carbons (Fsp3) is 0.143. The average molecular weight is 308 g/mol. The molecule has 0 heterocycles. The number of anilines is 2. The predicted octanol–water partition coefficient (Wildman–Crippen LogP) is 2.93. The third-order valence-electron chi connectivity index (χ3n) is 2.74. The first-order valence-corrected chi connectivity index (χ1v) is 8.86. The van der Waals surface area contributed by atoms with Gasteiger partial charge in [-0.15, -0.1) is 11.8 Å². The first kappa shape index (κ1) is 14.7. The van der Waals surface area contributed by atoms with E-state index < -0.39 is 10.0 Å². The van der Waals surface area contributed by atoms with Crippen LogP contribution in [0.15, 0.2) is 53.4 Å². The van der Waals surface area contributed by atoms with Crippen molar-refractivity contribution in [3.8, 4) is 0 Å². The fourth-order valence-electron chi connectivity index (χ4n) is 1.77. The third-order valence-corrected chi connectivity index (χ3v) is 4.71. The molecule has 3 N–H and O–H groups in total. The molecular weight excluding hydrogens is 292 g/mol. The van der Waals surface area contributed by atoms with Crippen LogP contribution in [-0.4, -0.2) is 14.7 Å². The van der Waals surface area contributed by atoms with Gasteiger partial charge in [0.2, 0.25) is 10.0 Å². The van der Waals surface area contributed by atoms with Crippen molar-refractivity contribution in [1.29, 1.82) is 0 Å². The van der Waals surface area contributed by atoms with Gasteiger partial charge in [-0.05, 0) is 36.1 Å². The Hall–Kier alpha value is -1.66. The van der Waals surface area contributed by atoms with Gasteiger partial charge in [-0.1, -0.05) is 24.3 Å². The molecule has 0 bridgehead atoms. The second-order valence-corrected chi connectivity index (χ2v) is 6.89. The van der Waals surface area contributed by atoms with Gasteiger partial charge < -0.3 is 5.73 Å². The van der Waals surface area contributed by atoms with E-state index in [-0.39, 0.29) is 5.75 Å². The number of nitrogen functional groups attached to an aromatic ring is 1. The van der Waals surface area contributed by atoms with E-state index in [0.717, 1.165) is 4.90 Å². The van der Waals surface area contributed by atoms with E-state index in [9.17, 15) is 8.42 Å². The lowest BCUT2D eigenvalue weighted by Gasteiger charge is -2.10. The van der Waals surface area contributed by atoms with Crippen LogP contribution in [0.3, 0.4) is 0 Å². The van der Waals surface area contributed by atoms with Gasteiger partial charge >= 0.3 is 0 Å². The van der Waals surface area contributed by atoms with Crippen molar-refractivity contribution in [3.05, 3.63) is 54.1 Å². The highest BCUT2D eigenvalue weighted by Crippen LogP contribution is 2.21. The first-order chi connectivity index (χ1) is 9.50. The minimum Gasteiger partial charge on any atom is -0.398 e. The van der Waals surface area contributed by atoms with Crippen LogP contribution in [0.5, 0.6) is 0 Å². The van der Waals surface area contributed by atoms with E-state index in [4.69, 9.17) is 5.73 Å². The van der Waals surface area contributed by atoms with Crippen molar-refractivity contribution in [1.82, 2.24) is 0 Å². The van der Waals surface area contributed by atoms with Gasteiger partial charge in [-0.25, -0.2) is 8.42 Å². The molecule has 4 nitrogen and oxygen atoms in total. The van der Waals surface area contributed by atoms with Crippen LogP contribution in [0, 0.1) is 0 Å². The van der Waals surface area contributed by atoms with Crippen molar-refractivity contribution >= 4 is 33.2 Å². The molecule has 0 amide bonds. The lowest BCUT2D eigenvalue weighted by atomic mass is 10.2. The Morgan fingerprint density at radius 3 is 2.60 bits per heavy atom. The van der Waals surface area contributed by atoms with E-state index >= 15 is 0 Å². The van der Waals surface area contributed by atoms with Gasteiger partial charge in [-0.3, -0.25) is 4.72 Å². The van der Waals surface area contributed by atoms with Gasteiger partial charge in [-0.2, -0.15) is 0 Å². The van der Waals surface area contributed by atoms with Crippen molar-refractivity contribution in [2.24, 2.45) is 0 Å². The Morgan fingerprint density at radius 1 is 1.15 bits per heavy atom. The second kappa shape index (κ2) is 6.19. The molecule has 0 spiro atoms. The molecule has 2 rings (SSSR count). The quantitative estimate of drug-likeness (QED) is 0.658. The zero-order chi connectivity index (χ0) is 14.6. The second-order valence-electron chi connectivity index (χ2n) is 4.29. The summed E-state index contributed by atoms with van der Waals surface area (Å²) in [5.41, 5.74) is 7.41. The Morgan fingerprint density at radius 2 is 1.90 bits per heavy atom. The molecule has 2 aromatic rings. The molecule has 106 valence electrons. The highest BCUT2D eigenvalue weighted by atomic mass is 32.2. The lowest BCUT2D eigenvalue weighted by molar-refractivity contribution is 0.600. The SMILES string of the molecule is CSc1cccc(NS(=O)(=O)Cc2ccccc2N)c1. The maximum atomic E-state index is 12.1. The number of benzene rings is 2. The standard InChI is InChI=1S/C14H16N2O2S2/c1-19-13-7-4-6-12(9-13)16-20(17,18)10-11-5-2-3-8-14(11)15/h2-9,16H,10,15H2,1H3. The predicted molar refractivity (Wildman–Crippen MR) is 85.3 cm³/mol. The molecular formula is C14H16N2O2S2. The van der Waals surface area contributed by atoms with Crippen LogP contribution < -0.4 is 10.5 Å². The summed E-state index contributed by atoms with van der Waals surface area (Å²) in [6.07, 6.45) is 1.94. The summed E-state index contributed by atoms with van der Waals surface area (Å²) in [5, 5.41) is 0. The molecule has 0 aliphatic carbocycles. The van der Waals surface area contributed by atoms with E-state index in [1.165, 1.54) is 0 Å². The molecule has 0 saturated heterocycles. The normalized spacial score (nSPS) is 11.2. The van der Waals surface area contributed by atoms with Gasteiger partial charge in [0.1, 0.15) is 0 Å². The van der Waals surface area contributed by atoms with Crippen molar-refractivity contribution in [2.75, 3.05) is 16.7 Å². The number of para-hydroxylation sites is 1. The summed E-state index contributed by atoms with van der Waals surface area (Å²) in [5.74, 6) is -0.136. The van der Waals surface area contributed by atoms with Crippen LogP contribution in [0.4, 0.5) is 11.4 Å². The highest BCUT2D eigenvalue weighted by Gasteiger charge is 2.13. The number of thioether (sulfide) groups is 1. The maximum absolute atomic E-state index is 12.1. The topological polar surface area (TPSA) is 72.2 Å². The van der Waals surface area contributed by atoms with Crippen LogP contribution in [-0.2, 0) is 15.8 Å². The van der Waals surface area contributed by atoms with Crippen molar-refractivity contribution < 1.29 is 8.42 Å². The van der Waals surface area contributed by atoms with Crippen LogP contribution in [0.1, 0.15) is 5.56 Å². The summed E-state index contributed by atoms with van der Waals surface area (Å²) < 4.78 is 26.9. The van der Waals surface area contributed by atoms with Crippen molar-refractivity contribution in [3.63, 3.8) is 0 Å². The molecule has 0 unspecified atom stereocenters. The number of hydrogen-bond donors (Lipinski definition) is 2. The number of hydrogen-bond acceptors (Lipinski definition) is 4. The Bertz CT molecular complexity index is 700. The number of rotatable bonds is 5. The zero-order valence-electron chi connectivity index (χ0n) is 11.0. The third kappa shape index (κ3) is 3.91. The maximum Gasteiger partial charge on any atom is 0.236 e. The highest BCUT2D eigenvalue weighted by molar-refractivity contribution is 7.98. The fourth-order valence-corrected chi connectivity index (χ4v) is 3.46. The van der Waals surface area contributed by atoms with E-state index in [1.54, 1.807) is 48.2 Å². The van der Waals surface area contributed by atoms with Crippen LogP contribution in [0.2, 0.25) is 0 Å². The molecule has 2 aromatic carbocycles. The number of nitrogens with two attached hydrogens (primary N) is 1. The molecule has 0 radical (unpaired) electrons. The summed E-state index contributed by atoms with van der Waals surface area (Å²) in [7, 11) is -3.47. The van der Waals surface area contributed by atoms with E-state index in [2.05, 4.69) is 4.72 Å². The Labute approximate surface area is 123 Å².